The summed E-state index contributed by atoms with van der Waals surface area (Å²) in [6.45, 7) is 4.46. The minimum Gasteiger partial charge on any atom is -0.326 e. The molecule has 0 aliphatic carbocycles. The zero-order valence-electron chi connectivity index (χ0n) is 10.3. The molecule has 1 atom stereocenters. The molecule has 2 rings (SSSR count). The van der Waals surface area contributed by atoms with Gasteiger partial charge >= 0.3 is 0 Å². The van der Waals surface area contributed by atoms with E-state index in [0.717, 1.165) is 18.5 Å². The summed E-state index contributed by atoms with van der Waals surface area (Å²) in [6.07, 6.45) is 2.59. The number of benzene rings is 1. The highest BCUT2D eigenvalue weighted by atomic mass is 79.9. The average Bonchev–Trinajstić information content (AvgIpc) is 2.27. The van der Waals surface area contributed by atoms with Gasteiger partial charge in [-0.2, -0.15) is 0 Å². The number of alkyl halides is 1. The number of aryl methyl sites for hydroxylation is 1. The molecule has 1 amide bonds. The Morgan fingerprint density at radius 3 is 2.82 bits per heavy atom. The summed E-state index contributed by atoms with van der Waals surface area (Å²) in [4.78, 5) is 11.7. The number of carbonyl (C=O) groups is 1. The van der Waals surface area contributed by atoms with Crippen LogP contribution in [0.5, 0.6) is 0 Å². The molecule has 0 radical (unpaired) electrons. The van der Waals surface area contributed by atoms with E-state index >= 15 is 0 Å². The van der Waals surface area contributed by atoms with Crippen LogP contribution in [0.3, 0.4) is 0 Å². The van der Waals surface area contributed by atoms with Crippen LogP contribution in [0.1, 0.15) is 42.6 Å². The maximum Gasteiger partial charge on any atom is 0.224 e. The lowest BCUT2D eigenvalue weighted by atomic mass is 9.96. The van der Waals surface area contributed by atoms with Gasteiger partial charge in [0.1, 0.15) is 0 Å². The SMILES string of the molecule is CC(C)CC(Br)c1ccc2c(c1)CCC(=O)N2. The number of nitrogens with one attached hydrogen (secondary N) is 1. The Hall–Kier alpha value is -0.830. The molecular weight excluding hydrogens is 278 g/mol. The van der Waals surface area contributed by atoms with E-state index in [-0.39, 0.29) is 5.91 Å². The van der Waals surface area contributed by atoms with Crippen LogP contribution in [-0.2, 0) is 11.2 Å². The fourth-order valence-electron chi connectivity index (χ4n) is 2.15. The first-order valence-electron chi connectivity index (χ1n) is 6.13. The van der Waals surface area contributed by atoms with Crippen LogP contribution in [0.25, 0.3) is 0 Å². The van der Waals surface area contributed by atoms with E-state index in [2.05, 4.69) is 47.2 Å². The van der Waals surface area contributed by atoms with Crippen LogP contribution in [0, 0.1) is 5.92 Å². The smallest absolute Gasteiger partial charge is 0.224 e. The van der Waals surface area contributed by atoms with Crippen molar-refractivity contribution in [1.29, 1.82) is 0 Å². The number of hydrogen-bond donors (Lipinski definition) is 1. The largest absolute Gasteiger partial charge is 0.326 e. The summed E-state index contributed by atoms with van der Waals surface area (Å²) < 4.78 is 0. The molecule has 3 heteroatoms. The van der Waals surface area contributed by atoms with Gasteiger partial charge in [0, 0.05) is 16.9 Å². The van der Waals surface area contributed by atoms with Crippen molar-refractivity contribution in [3.05, 3.63) is 29.3 Å². The summed E-state index contributed by atoms with van der Waals surface area (Å²) in [5, 5.41) is 2.91. The molecule has 0 aromatic heterocycles. The topological polar surface area (TPSA) is 29.1 Å². The van der Waals surface area contributed by atoms with Crippen molar-refractivity contribution < 1.29 is 4.79 Å². The number of anilines is 1. The second-order valence-corrected chi connectivity index (χ2v) is 6.17. The first-order valence-corrected chi connectivity index (χ1v) is 7.04. The van der Waals surface area contributed by atoms with Crippen molar-refractivity contribution >= 4 is 27.5 Å². The van der Waals surface area contributed by atoms with Crippen molar-refractivity contribution in [2.45, 2.75) is 37.9 Å². The average molecular weight is 296 g/mol. The highest BCUT2D eigenvalue weighted by Crippen LogP contribution is 2.33. The first kappa shape index (κ1) is 12.6. The molecule has 1 aromatic carbocycles. The van der Waals surface area contributed by atoms with Gasteiger partial charge in [0.15, 0.2) is 0 Å². The normalized spacial score (nSPS) is 16.6. The molecular formula is C14H18BrNO. The molecule has 0 bridgehead atoms. The molecule has 0 saturated heterocycles. The minimum atomic E-state index is 0.128. The number of amides is 1. The molecule has 2 nitrogen and oxygen atoms in total. The Balaban J connectivity index is 2.19. The lowest BCUT2D eigenvalue weighted by molar-refractivity contribution is -0.116. The van der Waals surface area contributed by atoms with Crippen molar-refractivity contribution in [3.63, 3.8) is 0 Å². The van der Waals surface area contributed by atoms with Gasteiger partial charge < -0.3 is 5.32 Å². The Labute approximate surface area is 111 Å². The van der Waals surface area contributed by atoms with Crippen molar-refractivity contribution in [3.8, 4) is 0 Å². The van der Waals surface area contributed by atoms with Crippen molar-refractivity contribution in [2.75, 3.05) is 5.32 Å². The summed E-state index contributed by atoms with van der Waals surface area (Å²) in [5.74, 6) is 0.804. The highest BCUT2D eigenvalue weighted by Gasteiger charge is 2.17. The third-order valence-electron chi connectivity index (χ3n) is 3.06. The quantitative estimate of drug-likeness (QED) is 0.838. The van der Waals surface area contributed by atoms with Crippen molar-refractivity contribution in [2.24, 2.45) is 5.92 Å². The number of carbonyl (C=O) groups excluding carboxylic acids is 1. The summed E-state index contributed by atoms with van der Waals surface area (Å²) in [5.41, 5.74) is 3.55. The summed E-state index contributed by atoms with van der Waals surface area (Å²) in [7, 11) is 0. The van der Waals surface area contributed by atoms with E-state index in [0.29, 0.717) is 17.2 Å². The van der Waals surface area contributed by atoms with Crippen LogP contribution in [0.4, 0.5) is 5.69 Å². The van der Waals surface area contributed by atoms with Gasteiger partial charge in [0.2, 0.25) is 5.91 Å². The number of hydrogen-bond acceptors (Lipinski definition) is 1. The summed E-state index contributed by atoms with van der Waals surface area (Å²) in [6, 6.07) is 6.35. The lowest BCUT2D eigenvalue weighted by Gasteiger charge is -2.19. The molecule has 92 valence electrons. The maximum absolute atomic E-state index is 11.3. The van der Waals surface area contributed by atoms with Crippen LogP contribution in [-0.4, -0.2) is 5.91 Å². The van der Waals surface area contributed by atoms with E-state index < -0.39 is 0 Å². The molecule has 1 heterocycles. The van der Waals surface area contributed by atoms with Gasteiger partial charge in [-0.05, 0) is 36.0 Å². The Bertz CT molecular complexity index is 428. The molecule has 1 unspecified atom stereocenters. The monoisotopic (exact) mass is 295 g/mol. The van der Waals surface area contributed by atoms with E-state index in [4.69, 9.17) is 0 Å². The standard InChI is InChI=1S/C14H18BrNO/c1-9(2)7-12(15)10-3-5-13-11(8-10)4-6-14(17)16-13/h3,5,8-9,12H,4,6-7H2,1-2H3,(H,16,17). The van der Waals surface area contributed by atoms with E-state index in [1.165, 1.54) is 11.1 Å². The third-order valence-corrected chi connectivity index (χ3v) is 3.97. The number of fused-ring (bicyclic) bond motifs is 1. The maximum atomic E-state index is 11.3. The minimum absolute atomic E-state index is 0.128. The van der Waals surface area contributed by atoms with E-state index in [1.54, 1.807) is 0 Å². The third kappa shape index (κ3) is 3.09. The predicted molar refractivity (Wildman–Crippen MR) is 74.5 cm³/mol. The second-order valence-electron chi connectivity index (χ2n) is 5.06. The zero-order chi connectivity index (χ0) is 12.4. The molecule has 0 saturated carbocycles. The van der Waals surface area contributed by atoms with Crippen LogP contribution < -0.4 is 5.32 Å². The first-order chi connectivity index (χ1) is 8.06. The van der Waals surface area contributed by atoms with Crippen LogP contribution in [0.15, 0.2) is 18.2 Å². The predicted octanol–water partition coefficient (Wildman–Crippen LogP) is 4.05. The fraction of sp³-hybridized carbons (Fsp3) is 0.500. The zero-order valence-corrected chi connectivity index (χ0v) is 11.9. The van der Waals surface area contributed by atoms with Crippen LogP contribution >= 0.6 is 15.9 Å². The van der Waals surface area contributed by atoms with E-state index in [9.17, 15) is 4.79 Å². The lowest BCUT2D eigenvalue weighted by Crippen LogP contribution is -2.19. The van der Waals surface area contributed by atoms with Gasteiger partial charge in [-0.25, -0.2) is 0 Å². The molecule has 0 fully saturated rings. The molecule has 1 aliphatic rings. The molecule has 17 heavy (non-hydrogen) atoms. The highest BCUT2D eigenvalue weighted by molar-refractivity contribution is 9.09. The van der Waals surface area contributed by atoms with Crippen molar-refractivity contribution in [1.82, 2.24) is 0 Å². The van der Waals surface area contributed by atoms with Gasteiger partial charge in [-0.1, -0.05) is 41.9 Å². The molecule has 0 spiro atoms. The summed E-state index contributed by atoms with van der Waals surface area (Å²) >= 11 is 3.74. The van der Waals surface area contributed by atoms with Gasteiger partial charge in [-0.15, -0.1) is 0 Å². The Kier molecular flexibility index (Phi) is 3.87. The molecule has 1 N–H and O–H groups in total. The van der Waals surface area contributed by atoms with Crippen LogP contribution in [0.2, 0.25) is 0 Å². The fourth-order valence-corrected chi connectivity index (χ4v) is 3.18. The van der Waals surface area contributed by atoms with E-state index in [1.807, 2.05) is 6.07 Å². The van der Waals surface area contributed by atoms with Gasteiger partial charge in [0.05, 0.1) is 0 Å². The molecule has 1 aliphatic heterocycles. The molecule has 1 aromatic rings. The van der Waals surface area contributed by atoms with Gasteiger partial charge in [-0.3, -0.25) is 4.79 Å². The number of halogens is 1. The number of rotatable bonds is 3. The second kappa shape index (κ2) is 5.21. The Morgan fingerprint density at radius 1 is 1.35 bits per heavy atom. The Morgan fingerprint density at radius 2 is 2.12 bits per heavy atom. The van der Waals surface area contributed by atoms with Gasteiger partial charge in [0.25, 0.3) is 0 Å².